The summed E-state index contributed by atoms with van der Waals surface area (Å²) in [5.41, 5.74) is 3.62. The summed E-state index contributed by atoms with van der Waals surface area (Å²) in [6.45, 7) is 5.25. The summed E-state index contributed by atoms with van der Waals surface area (Å²) in [4.78, 5) is 0. The zero-order valence-corrected chi connectivity index (χ0v) is 10.5. The molecule has 2 aromatic rings. The van der Waals surface area contributed by atoms with Crippen LogP contribution < -0.4 is 5.32 Å². The summed E-state index contributed by atoms with van der Waals surface area (Å²) in [6, 6.07) is 10.4. The smallest absolute Gasteiger partial charge is 0.155 e. The van der Waals surface area contributed by atoms with Crippen molar-refractivity contribution >= 4 is 5.82 Å². The van der Waals surface area contributed by atoms with E-state index in [0.29, 0.717) is 0 Å². The Kier molecular flexibility index (Phi) is 3.81. The molecule has 1 aromatic heterocycles. The lowest BCUT2D eigenvalue weighted by Gasteiger charge is -2.06. The van der Waals surface area contributed by atoms with Crippen molar-refractivity contribution in [2.24, 2.45) is 0 Å². The van der Waals surface area contributed by atoms with E-state index in [1.807, 2.05) is 6.07 Å². The third-order valence-electron chi connectivity index (χ3n) is 2.80. The van der Waals surface area contributed by atoms with E-state index in [0.717, 1.165) is 25.2 Å². The largest absolute Gasteiger partial charge is 0.368 e. The summed E-state index contributed by atoms with van der Waals surface area (Å²) in [5.74, 6) is 0.968. The fourth-order valence-corrected chi connectivity index (χ4v) is 1.92. The highest BCUT2D eigenvalue weighted by molar-refractivity contribution is 5.77. The maximum atomic E-state index is 4.36. The molecule has 0 bridgehead atoms. The first kappa shape index (κ1) is 11.7. The van der Waals surface area contributed by atoms with Crippen molar-refractivity contribution in [3.8, 4) is 11.1 Å². The number of hydrogen-bond donors (Lipinski definition) is 2. The number of nitrogens with one attached hydrogen (secondary N) is 2. The number of aryl methyl sites for hydroxylation is 1. The van der Waals surface area contributed by atoms with Crippen molar-refractivity contribution < 1.29 is 0 Å². The highest BCUT2D eigenvalue weighted by atomic mass is 15.2. The zero-order chi connectivity index (χ0) is 12.1. The quantitative estimate of drug-likeness (QED) is 0.824. The summed E-state index contributed by atoms with van der Waals surface area (Å²) in [6.07, 6.45) is 2.06. The van der Waals surface area contributed by atoms with Crippen molar-refractivity contribution in [1.82, 2.24) is 10.2 Å². The standard InChI is InChI=1S/C14H19N3/c1-3-10-15-14-13(12(4-2)16-17-14)11-8-6-5-7-9-11/h5-9H,3-4,10H2,1-2H3,(H2,15,16,17). The van der Waals surface area contributed by atoms with Gasteiger partial charge in [0, 0.05) is 17.8 Å². The highest BCUT2D eigenvalue weighted by Gasteiger charge is 2.12. The predicted molar refractivity (Wildman–Crippen MR) is 72.2 cm³/mol. The van der Waals surface area contributed by atoms with Gasteiger partial charge in [-0.1, -0.05) is 44.2 Å². The van der Waals surface area contributed by atoms with Crippen LogP contribution in [0.1, 0.15) is 26.0 Å². The second-order valence-electron chi connectivity index (χ2n) is 4.07. The molecule has 0 atom stereocenters. The monoisotopic (exact) mass is 229 g/mol. The van der Waals surface area contributed by atoms with Gasteiger partial charge in [-0.25, -0.2) is 0 Å². The minimum atomic E-state index is 0.952. The van der Waals surface area contributed by atoms with Crippen molar-refractivity contribution in [2.75, 3.05) is 11.9 Å². The predicted octanol–water partition coefficient (Wildman–Crippen LogP) is 3.46. The third-order valence-corrected chi connectivity index (χ3v) is 2.80. The van der Waals surface area contributed by atoms with E-state index in [4.69, 9.17) is 0 Å². The molecule has 0 radical (unpaired) electrons. The molecule has 0 aliphatic carbocycles. The molecule has 0 aliphatic heterocycles. The van der Waals surface area contributed by atoms with E-state index in [9.17, 15) is 0 Å². The Balaban J connectivity index is 2.39. The molecule has 3 nitrogen and oxygen atoms in total. The summed E-state index contributed by atoms with van der Waals surface area (Å²) < 4.78 is 0. The number of rotatable bonds is 5. The van der Waals surface area contributed by atoms with Gasteiger partial charge in [0.05, 0.1) is 0 Å². The van der Waals surface area contributed by atoms with Crippen LogP contribution >= 0.6 is 0 Å². The van der Waals surface area contributed by atoms with Gasteiger partial charge < -0.3 is 5.32 Å². The lowest BCUT2D eigenvalue weighted by molar-refractivity contribution is 0.946. The van der Waals surface area contributed by atoms with E-state index in [-0.39, 0.29) is 0 Å². The van der Waals surface area contributed by atoms with Gasteiger partial charge >= 0.3 is 0 Å². The molecule has 0 spiro atoms. The minimum Gasteiger partial charge on any atom is -0.368 e. The molecular weight excluding hydrogens is 210 g/mol. The minimum absolute atomic E-state index is 0.952. The molecule has 0 aliphatic rings. The normalized spacial score (nSPS) is 10.5. The van der Waals surface area contributed by atoms with Gasteiger partial charge in [0.15, 0.2) is 5.82 Å². The average Bonchev–Trinajstić information content (AvgIpc) is 2.80. The molecule has 0 fully saturated rings. The molecule has 3 heteroatoms. The highest BCUT2D eigenvalue weighted by Crippen LogP contribution is 2.29. The van der Waals surface area contributed by atoms with Crippen molar-refractivity contribution in [3.05, 3.63) is 36.0 Å². The summed E-state index contributed by atoms with van der Waals surface area (Å²) >= 11 is 0. The zero-order valence-electron chi connectivity index (χ0n) is 10.5. The number of aromatic amines is 1. The van der Waals surface area contributed by atoms with E-state index in [1.54, 1.807) is 0 Å². The Morgan fingerprint density at radius 3 is 2.59 bits per heavy atom. The molecule has 17 heavy (non-hydrogen) atoms. The van der Waals surface area contributed by atoms with Crippen LogP contribution in [0.25, 0.3) is 11.1 Å². The fourth-order valence-electron chi connectivity index (χ4n) is 1.92. The van der Waals surface area contributed by atoms with Crippen molar-refractivity contribution in [2.45, 2.75) is 26.7 Å². The van der Waals surface area contributed by atoms with Gasteiger partial charge in [0.1, 0.15) is 0 Å². The summed E-state index contributed by atoms with van der Waals surface area (Å²) in [5, 5.41) is 10.9. The van der Waals surface area contributed by atoms with Gasteiger partial charge in [-0.3, -0.25) is 5.10 Å². The lowest BCUT2D eigenvalue weighted by atomic mass is 10.0. The van der Waals surface area contributed by atoms with Gasteiger partial charge in [0.25, 0.3) is 0 Å². The number of hydrogen-bond acceptors (Lipinski definition) is 2. The van der Waals surface area contributed by atoms with Gasteiger partial charge in [-0.2, -0.15) is 5.10 Å². The first-order valence-electron chi connectivity index (χ1n) is 6.23. The maximum absolute atomic E-state index is 4.36. The molecular formula is C14H19N3. The molecule has 90 valence electrons. The van der Waals surface area contributed by atoms with Crippen LogP contribution in [0.4, 0.5) is 5.82 Å². The Bertz CT molecular complexity index is 460. The van der Waals surface area contributed by atoms with Crippen LogP contribution in [0, 0.1) is 0 Å². The maximum Gasteiger partial charge on any atom is 0.155 e. The topological polar surface area (TPSA) is 40.7 Å². The Hall–Kier alpha value is -1.77. The average molecular weight is 229 g/mol. The SMILES string of the molecule is CCCNc1n[nH]c(CC)c1-c1ccccc1. The van der Waals surface area contributed by atoms with Crippen LogP contribution in [-0.2, 0) is 6.42 Å². The number of aromatic nitrogens is 2. The van der Waals surface area contributed by atoms with Crippen molar-refractivity contribution in [3.63, 3.8) is 0 Å². The molecule has 2 N–H and O–H groups in total. The van der Waals surface area contributed by atoms with Gasteiger partial charge in [-0.15, -0.1) is 0 Å². The van der Waals surface area contributed by atoms with Crippen molar-refractivity contribution in [1.29, 1.82) is 0 Å². The Morgan fingerprint density at radius 1 is 1.18 bits per heavy atom. The number of nitrogens with zero attached hydrogens (tertiary/aromatic N) is 1. The van der Waals surface area contributed by atoms with Crippen LogP contribution in [0.15, 0.2) is 30.3 Å². The van der Waals surface area contributed by atoms with Crippen LogP contribution in [0.5, 0.6) is 0 Å². The van der Waals surface area contributed by atoms with Crippen LogP contribution in [0.2, 0.25) is 0 Å². The van der Waals surface area contributed by atoms with Crippen LogP contribution in [-0.4, -0.2) is 16.7 Å². The number of H-pyrrole nitrogens is 1. The first-order chi connectivity index (χ1) is 8.36. The van der Waals surface area contributed by atoms with E-state index in [2.05, 4.69) is 53.6 Å². The molecule has 2 rings (SSSR count). The number of benzene rings is 1. The van der Waals surface area contributed by atoms with Gasteiger partial charge in [-0.05, 0) is 18.4 Å². The summed E-state index contributed by atoms with van der Waals surface area (Å²) in [7, 11) is 0. The molecule has 0 amide bonds. The lowest BCUT2D eigenvalue weighted by Crippen LogP contribution is -2.01. The van der Waals surface area contributed by atoms with Gasteiger partial charge in [0.2, 0.25) is 0 Å². The van der Waals surface area contributed by atoms with E-state index in [1.165, 1.54) is 16.8 Å². The van der Waals surface area contributed by atoms with E-state index < -0.39 is 0 Å². The number of anilines is 1. The molecule has 0 unspecified atom stereocenters. The molecule has 1 aromatic carbocycles. The fraction of sp³-hybridized carbons (Fsp3) is 0.357. The second kappa shape index (κ2) is 5.53. The second-order valence-corrected chi connectivity index (χ2v) is 4.07. The Morgan fingerprint density at radius 2 is 1.94 bits per heavy atom. The molecule has 1 heterocycles. The molecule has 0 saturated heterocycles. The van der Waals surface area contributed by atoms with E-state index >= 15 is 0 Å². The third kappa shape index (κ3) is 2.49. The Labute approximate surface area is 102 Å². The molecule has 0 saturated carbocycles. The van der Waals surface area contributed by atoms with Crippen LogP contribution in [0.3, 0.4) is 0 Å². The first-order valence-corrected chi connectivity index (χ1v) is 6.23.